The van der Waals surface area contributed by atoms with Crippen molar-refractivity contribution in [3.8, 4) is 0 Å². The van der Waals surface area contributed by atoms with E-state index in [9.17, 15) is 0 Å². The van der Waals surface area contributed by atoms with Gasteiger partial charge in [-0.25, -0.2) is 9.97 Å². The van der Waals surface area contributed by atoms with Crippen LogP contribution in [0.15, 0.2) is 24.5 Å². The summed E-state index contributed by atoms with van der Waals surface area (Å²) in [6.07, 6.45) is 4.11. The van der Waals surface area contributed by atoms with Crippen LogP contribution in [-0.4, -0.2) is 35.8 Å². The highest BCUT2D eigenvalue weighted by molar-refractivity contribution is 5.91. The van der Waals surface area contributed by atoms with Crippen LogP contribution in [0, 0.1) is 0 Å². The Labute approximate surface area is 118 Å². The fraction of sp³-hybridized carbons (Fsp3) is 0.467. The zero-order valence-corrected chi connectivity index (χ0v) is 11.7. The van der Waals surface area contributed by atoms with Crippen molar-refractivity contribution >= 4 is 22.4 Å². The summed E-state index contributed by atoms with van der Waals surface area (Å²) in [6.45, 7) is 4.79. The van der Waals surface area contributed by atoms with Crippen LogP contribution in [-0.2, 0) is 4.74 Å². The summed E-state index contributed by atoms with van der Waals surface area (Å²) in [6, 6.07) is 5.81. The molecular formula is C15H20N4O. The molecular weight excluding hydrogens is 252 g/mol. The molecule has 1 aromatic carbocycles. The molecule has 20 heavy (non-hydrogen) atoms. The Bertz CT molecular complexity index is 593. The third kappa shape index (κ3) is 2.54. The highest BCUT2D eigenvalue weighted by Gasteiger charge is 2.21. The molecule has 0 radical (unpaired) electrons. The number of nitrogens with zero attached hydrogens (tertiary/aromatic N) is 3. The highest BCUT2D eigenvalue weighted by atomic mass is 16.5. The van der Waals surface area contributed by atoms with Gasteiger partial charge in [-0.05, 0) is 38.0 Å². The monoisotopic (exact) mass is 272 g/mol. The Balaban J connectivity index is 1.84. The van der Waals surface area contributed by atoms with Crippen molar-refractivity contribution in [2.24, 2.45) is 0 Å². The number of rotatable bonds is 3. The minimum Gasteiger partial charge on any atom is -0.399 e. The lowest BCUT2D eigenvalue weighted by Crippen LogP contribution is -2.37. The predicted molar refractivity (Wildman–Crippen MR) is 80.8 cm³/mol. The van der Waals surface area contributed by atoms with Crippen molar-refractivity contribution in [3.05, 3.63) is 24.5 Å². The van der Waals surface area contributed by atoms with Crippen LogP contribution < -0.4 is 10.6 Å². The molecule has 0 bridgehead atoms. The van der Waals surface area contributed by atoms with Gasteiger partial charge in [0.05, 0.1) is 11.6 Å². The number of nitrogen functional groups attached to an aromatic ring is 1. The second-order valence-electron chi connectivity index (χ2n) is 5.12. The maximum absolute atomic E-state index is 5.81. The minimum absolute atomic E-state index is 0.389. The molecule has 0 aliphatic carbocycles. The molecule has 2 heterocycles. The van der Waals surface area contributed by atoms with E-state index in [-0.39, 0.29) is 0 Å². The third-order valence-electron chi connectivity index (χ3n) is 3.78. The van der Waals surface area contributed by atoms with Crippen molar-refractivity contribution in [1.29, 1.82) is 0 Å². The van der Waals surface area contributed by atoms with E-state index >= 15 is 0 Å². The minimum atomic E-state index is 0.389. The SMILES string of the molecule is CCOC1CCN(c2ncnc3cc(N)ccc23)CC1. The number of ether oxygens (including phenoxy) is 1. The standard InChI is InChI=1S/C15H20N4O/c1-2-20-12-5-7-19(8-6-12)15-13-4-3-11(16)9-14(13)17-10-18-15/h3-4,9-10,12H,2,5-8,16H2,1H3. The molecule has 1 aliphatic heterocycles. The summed E-state index contributed by atoms with van der Waals surface area (Å²) in [5, 5.41) is 1.07. The lowest BCUT2D eigenvalue weighted by Gasteiger charge is -2.33. The summed E-state index contributed by atoms with van der Waals surface area (Å²) < 4.78 is 5.69. The van der Waals surface area contributed by atoms with Crippen LogP contribution in [0.4, 0.5) is 11.5 Å². The summed E-state index contributed by atoms with van der Waals surface area (Å²) in [5.74, 6) is 1.00. The molecule has 0 amide bonds. The topological polar surface area (TPSA) is 64.3 Å². The molecule has 0 unspecified atom stereocenters. The molecule has 3 rings (SSSR count). The van der Waals surface area contributed by atoms with E-state index in [1.165, 1.54) is 0 Å². The number of piperidine rings is 1. The van der Waals surface area contributed by atoms with Crippen LogP contribution >= 0.6 is 0 Å². The van der Waals surface area contributed by atoms with Crippen LogP contribution in [0.3, 0.4) is 0 Å². The van der Waals surface area contributed by atoms with E-state index in [1.807, 2.05) is 18.2 Å². The summed E-state index contributed by atoms with van der Waals surface area (Å²) in [7, 11) is 0. The highest BCUT2D eigenvalue weighted by Crippen LogP contribution is 2.27. The van der Waals surface area contributed by atoms with E-state index in [2.05, 4.69) is 21.8 Å². The van der Waals surface area contributed by atoms with E-state index in [0.717, 1.165) is 54.9 Å². The second kappa shape index (κ2) is 5.63. The molecule has 1 aromatic heterocycles. The first-order chi connectivity index (χ1) is 9.78. The van der Waals surface area contributed by atoms with Crippen molar-refractivity contribution < 1.29 is 4.74 Å². The molecule has 0 spiro atoms. The number of nitrogens with two attached hydrogens (primary N) is 1. The van der Waals surface area contributed by atoms with E-state index in [0.29, 0.717) is 6.10 Å². The maximum atomic E-state index is 5.81. The van der Waals surface area contributed by atoms with Crippen molar-refractivity contribution in [2.75, 3.05) is 30.3 Å². The Morgan fingerprint density at radius 3 is 2.85 bits per heavy atom. The van der Waals surface area contributed by atoms with Crippen LogP contribution in [0.2, 0.25) is 0 Å². The number of hydrogen-bond donors (Lipinski definition) is 1. The fourth-order valence-corrected chi connectivity index (χ4v) is 2.78. The molecule has 2 N–H and O–H groups in total. The van der Waals surface area contributed by atoms with Gasteiger partial charge in [-0.2, -0.15) is 0 Å². The van der Waals surface area contributed by atoms with Crippen LogP contribution in [0.5, 0.6) is 0 Å². The number of anilines is 2. The van der Waals surface area contributed by atoms with Crippen LogP contribution in [0.1, 0.15) is 19.8 Å². The number of aromatic nitrogens is 2. The Morgan fingerprint density at radius 2 is 2.10 bits per heavy atom. The zero-order chi connectivity index (χ0) is 13.9. The number of fused-ring (bicyclic) bond motifs is 1. The molecule has 0 atom stereocenters. The smallest absolute Gasteiger partial charge is 0.139 e. The van der Waals surface area contributed by atoms with Crippen LogP contribution in [0.25, 0.3) is 10.9 Å². The fourth-order valence-electron chi connectivity index (χ4n) is 2.78. The summed E-state index contributed by atoms with van der Waals surface area (Å²) >= 11 is 0. The van der Waals surface area contributed by atoms with Crippen molar-refractivity contribution in [3.63, 3.8) is 0 Å². The van der Waals surface area contributed by atoms with Gasteiger partial charge in [0.2, 0.25) is 0 Å². The first kappa shape index (κ1) is 13.1. The normalized spacial score (nSPS) is 16.8. The zero-order valence-electron chi connectivity index (χ0n) is 11.7. The maximum Gasteiger partial charge on any atom is 0.139 e. The van der Waals surface area contributed by atoms with Gasteiger partial charge >= 0.3 is 0 Å². The average Bonchev–Trinajstić information content (AvgIpc) is 2.47. The lowest BCUT2D eigenvalue weighted by atomic mass is 10.1. The first-order valence-corrected chi connectivity index (χ1v) is 7.14. The van der Waals surface area contributed by atoms with Gasteiger partial charge in [-0.1, -0.05) is 0 Å². The molecule has 106 valence electrons. The third-order valence-corrected chi connectivity index (χ3v) is 3.78. The van der Waals surface area contributed by atoms with Gasteiger partial charge in [0, 0.05) is 30.8 Å². The molecule has 1 saturated heterocycles. The number of benzene rings is 1. The largest absolute Gasteiger partial charge is 0.399 e. The Morgan fingerprint density at radius 1 is 1.30 bits per heavy atom. The van der Waals surface area contributed by atoms with Gasteiger partial charge in [-0.3, -0.25) is 0 Å². The van der Waals surface area contributed by atoms with E-state index < -0.39 is 0 Å². The Kier molecular flexibility index (Phi) is 3.69. The lowest BCUT2D eigenvalue weighted by molar-refractivity contribution is 0.0459. The molecule has 0 saturated carbocycles. The van der Waals surface area contributed by atoms with Crippen molar-refractivity contribution in [2.45, 2.75) is 25.9 Å². The summed E-state index contributed by atoms with van der Waals surface area (Å²) in [4.78, 5) is 11.1. The predicted octanol–water partition coefficient (Wildman–Crippen LogP) is 2.22. The Hall–Kier alpha value is -1.88. The molecule has 2 aromatic rings. The molecule has 5 heteroatoms. The molecule has 5 nitrogen and oxygen atoms in total. The quantitative estimate of drug-likeness (QED) is 0.868. The van der Waals surface area contributed by atoms with Gasteiger partial charge in [0.1, 0.15) is 12.1 Å². The first-order valence-electron chi connectivity index (χ1n) is 7.14. The van der Waals surface area contributed by atoms with E-state index in [1.54, 1.807) is 6.33 Å². The van der Waals surface area contributed by atoms with Gasteiger partial charge < -0.3 is 15.4 Å². The van der Waals surface area contributed by atoms with E-state index in [4.69, 9.17) is 10.5 Å². The molecule has 1 aliphatic rings. The second-order valence-corrected chi connectivity index (χ2v) is 5.12. The van der Waals surface area contributed by atoms with Crippen molar-refractivity contribution in [1.82, 2.24) is 9.97 Å². The van der Waals surface area contributed by atoms with Gasteiger partial charge in [0.25, 0.3) is 0 Å². The van der Waals surface area contributed by atoms with Gasteiger partial charge in [0.15, 0.2) is 0 Å². The van der Waals surface area contributed by atoms with Gasteiger partial charge in [-0.15, -0.1) is 0 Å². The summed E-state index contributed by atoms with van der Waals surface area (Å²) in [5.41, 5.74) is 7.45. The molecule has 1 fully saturated rings. The average molecular weight is 272 g/mol. The number of hydrogen-bond acceptors (Lipinski definition) is 5.